The first kappa shape index (κ1) is 18.1. The maximum absolute atomic E-state index is 13.3. The Morgan fingerprint density at radius 1 is 1.35 bits per heavy atom. The van der Waals surface area contributed by atoms with Gasteiger partial charge in [0.15, 0.2) is 0 Å². The van der Waals surface area contributed by atoms with E-state index in [0.29, 0.717) is 5.25 Å². The SMILES string of the molecule is CCC(C)SP(=O)(N(C)C=S)N(C)Sc1ccccc1. The lowest BCUT2D eigenvalue weighted by atomic mass is 10.4. The van der Waals surface area contributed by atoms with Gasteiger partial charge in [0, 0.05) is 24.2 Å². The lowest BCUT2D eigenvalue weighted by Gasteiger charge is -2.33. The maximum atomic E-state index is 13.3. The van der Waals surface area contributed by atoms with E-state index >= 15 is 0 Å². The summed E-state index contributed by atoms with van der Waals surface area (Å²) in [6.07, 6.45) is 0.976. The summed E-state index contributed by atoms with van der Waals surface area (Å²) in [7, 11) is 3.65. The van der Waals surface area contributed by atoms with Gasteiger partial charge in [-0.2, -0.15) is 4.08 Å². The topological polar surface area (TPSA) is 23.6 Å². The van der Waals surface area contributed by atoms with Gasteiger partial charge in [-0.25, -0.2) is 0 Å². The van der Waals surface area contributed by atoms with E-state index in [4.69, 9.17) is 12.2 Å². The zero-order valence-electron chi connectivity index (χ0n) is 12.2. The Hall–Kier alpha value is 0. The highest BCUT2D eigenvalue weighted by atomic mass is 32.7. The molecule has 0 aromatic heterocycles. The molecule has 0 radical (unpaired) electrons. The monoisotopic (exact) mass is 348 g/mol. The summed E-state index contributed by atoms with van der Waals surface area (Å²) in [5, 5.41) is 0.317. The molecule has 1 aromatic carbocycles. The van der Waals surface area contributed by atoms with E-state index in [-0.39, 0.29) is 0 Å². The van der Waals surface area contributed by atoms with Crippen molar-refractivity contribution in [3.05, 3.63) is 30.3 Å². The Labute approximate surface area is 135 Å². The van der Waals surface area contributed by atoms with E-state index < -0.39 is 6.65 Å². The minimum Gasteiger partial charge on any atom is -0.302 e. The highest BCUT2D eigenvalue weighted by Crippen LogP contribution is 2.67. The molecule has 2 atom stereocenters. The summed E-state index contributed by atoms with van der Waals surface area (Å²) >= 11 is 7.96. The molecule has 1 aromatic rings. The highest BCUT2D eigenvalue weighted by Gasteiger charge is 2.34. The quantitative estimate of drug-likeness (QED) is 0.366. The first-order chi connectivity index (χ1) is 9.43. The molecule has 0 aliphatic rings. The molecule has 0 saturated carbocycles. The second-order valence-corrected chi connectivity index (χ2v) is 11.3. The summed E-state index contributed by atoms with van der Waals surface area (Å²) < 4.78 is 16.8. The standard InChI is InChI=1S/C13H21N2OPS3/c1-5-12(2)20-17(16,14(3)11-18)15(4)19-13-9-7-6-8-10-13/h6-12H,5H2,1-4H3. The van der Waals surface area contributed by atoms with Gasteiger partial charge in [0.1, 0.15) is 0 Å². The van der Waals surface area contributed by atoms with Crippen molar-refractivity contribution in [1.82, 2.24) is 8.75 Å². The van der Waals surface area contributed by atoms with Crippen molar-refractivity contribution in [2.45, 2.75) is 30.4 Å². The molecule has 0 amide bonds. The predicted octanol–water partition coefficient (Wildman–Crippen LogP) is 5.15. The number of hydrogen-bond acceptors (Lipinski definition) is 4. The molecule has 0 N–H and O–H groups in total. The van der Waals surface area contributed by atoms with Crippen LogP contribution < -0.4 is 0 Å². The number of rotatable bonds is 8. The van der Waals surface area contributed by atoms with E-state index in [1.165, 1.54) is 28.8 Å². The van der Waals surface area contributed by atoms with Crippen molar-refractivity contribution in [2.75, 3.05) is 14.1 Å². The molecular formula is C13H21N2OPS3. The van der Waals surface area contributed by atoms with Crippen LogP contribution >= 0.6 is 42.2 Å². The Morgan fingerprint density at radius 2 is 1.95 bits per heavy atom. The number of thiocarbonyl (C=S) groups is 1. The maximum Gasteiger partial charge on any atom is 0.304 e. The van der Waals surface area contributed by atoms with Crippen LogP contribution in [0, 0.1) is 0 Å². The molecule has 3 nitrogen and oxygen atoms in total. The molecule has 112 valence electrons. The lowest BCUT2D eigenvalue weighted by molar-refractivity contribution is 0.532. The summed E-state index contributed by atoms with van der Waals surface area (Å²) in [4.78, 5) is 1.07. The van der Waals surface area contributed by atoms with Crippen LogP contribution in [0.5, 0.6) is 0 Å². The molecular weight excluding hydrogens is 327 g/mol. The largest absolute Gasteiger partial charge is 0.304 e. The molecule has 7 heteroatoms. The average molecular weight is 348 g/mol. The van der Waals surface area contributed by atoms with E-state index in [2.05, 4.69) is 13.8 Å². The first-order valence-electron chi connectivity index (χ1n) is 6.38. The van der Waals surface area contributed by atoms with Crippen molar-refractivity contribution in [3.8, 4) is 0 Å². The van der Waals surface area contributed by atoms with Crippen LogP contribution in [0.15, 0.2) is 35.2 Å². The summed E-state index contributed by atoms with van der Waals surface area (Å²) in [5.41, 5.74) is 1.47. The van der Waals surface area contributed by atoms with Gasteiger partial charge < -0.3 is 4.67 Å². The van der Waals surface area contributed by atoms with Crippen LogP contribution in [-0.4, -0.2) is 33.6 Å². The molecule has 0 heterocycles. The van der Waals surface area contributed by atoms with E-state index in [1.807, 2.05) is 41.5 Å². The van der Waals surface area contributed by atoms with Gasteiger partial charge in [-0.05, 0) is 30.5 Å². The normalized spacial score (nSPS) is 15.7. The third kappa shape index (κ3) is 4.78. The van der Waals surface area contributed by atoms with Gasteiger partial charge in [0.05, 0.1) is 5.49 Å². The fourth-order valence-corrected chi connectivity index (χ4v) is 8.48. The molecule has 2 unspecified atom stereocenters. The molecule has 0 fully saturated rings. The highest BCUT2D eigenvalue weighted by molar-refractivity contribution is 8.58. The number of benzene rings is 1. The Balaban J connectivity index is 2.92. The number of hydrogen-bond donors (Lipinski definition) is 0. The molecule has 0 aliphatic carbocycles. The smallest absolute Gasteiger partial charge is 0.302 e. The zero-order chi connectivity index (χ0) is 15.2. The minimum atomic E-state index is -2.75. The van der Waals surface area contributed by atoms with Gasteiger partial charge in [-0.15, -0.1) is 0 Å². The van der Waals surface area contributed by atoms with Crippen LogP contribution in [0.4, 0.5) is 0 Å². The van der Waals surface area contributed by atoms with E-state index in [1.54, 1.807) is 11.7 Å². The minimum absolute atomic E-state index is 0.317. The van der Waals surface area contributed by atoms with Crippen molar-refractivity contribution in [3.63, 3.8) is 0 Å². The lowest BCUT2D eigenvalue weighted by Crippen LogP contribution is -2.20. The van der Waals surface area contributed by atoms with Crippen LogP contribution in [0.1, 0.15) is 20.3 Å². The van der Waals surface area contributed by atoms with Crippen LogP contribution in [0.3, 0.4) is 0 Å². The second kappa shape index (κ2) is 8.44. The Bertz CT molecular complexity index is 472. The average Bonchev–Trinajstić information content (AvgIpc) is 2.46. The third-order valence-electron chi connectivity index (χ3n) is 2.78. The van der Waals surface area contributed by atoms with Gasteiger partial charge in [-0.3, -0.25) is 4.57 Å². The molecule has 1 rings (SSSR count). The van der Waals surface area contributed by atoms with Gasteiger partial charge >= 0.3 is 6.65 Å². The van der Waals surface area contributed by atoms with Crippen molar-refractivity contribution in [2.24, 2.45) is 0 Å². The van der Waals surface area contributed by atoms with Crippen LogP contribution in [0.2, 0.25) is 0 Å². The zero-order valence-corrected chi connectivity index (χ0v) is 15.6. The summed E-state index contributed by atoms with van der Waals surface area (Å²) in [6.45, 7) is 1.44. The fourth-order valence-electron chi connectivity index (χ4n) is 1.39. The predicted molar refractivity (Wildman–Crippen MR) is 96.4 cm³/mol. The second-order valence-electron chi connectivity index (χ2n) is 4.36. The van der Waals surface area contributed by atoms with Gasteiger partial charge in [0.25, 0.3) is 0 Å². The van der Waals surface area contributed by atoms with Crippen LogP contribution in [0.25, 0.3) is 0 Å². The molecule has 20 heavy (non-hydrogen) atoms. The Kier molecular flexibility index (Phi) is 7.62. The van der Waals surface area contributed by atoms with E-state index in [9.17, 15) is 4.57 Å². The first-order valence-corrected chi connectivity index (χ1v) is 10.7. The van der Waals surface area contributed by atoms with E-state index in [0.717, 1.165) is 11.3 Å². The molecule has 0 aliphatic heterocycles. The Morgan fingerprint density at radius 3 is 2.45 bits per heavy atom. The van der Waals surface area contributed by atoms with Gasteiger partial charge in [0.2, 0.25) is 0 Å². The number of nitrogens with zero attached hydrogens (tertiary/aromatic N) is 2. The van der Waals surface area contributed by atoms with Crippen molar-refractivity contribution >= 4 is 47.7 Å². The molecule has 0 bridgehead atoms. The van der Waals surface area contributed by atoms with Crippen LogP contribution in [-0.2, 0) is 4.57 Å². The van der Waals surface area contributed by atoms with Gasteiger partial charge in [-0.1, -0.05) is 55.6 Å². The molecule has 0 spiro atoms. The summed E-state index contributed by atoms with van der Waals surface area (Å²) in [5.74, 6) is 0. The third-order valence-corrected chi connectivity index (χ3v) is 11.2. The van der Waals surface area contributed by atoms with Crippen molar-refractivity contribution in [1.29, 1.82) is 0 Å². The van der Waals surface area contributed by atoms with Crippen molar-refractivity contribution < 1.29 is 4.57 Å². The summed E-state index contributed by atoms with van der Waals surface area (Å²) in [6, 6.07) is 9.95. The molecule has 0 saturated heterocycles. The fraction of sp³-hybridized carbons (Fsp3) is 0.462.